The Morgan fingerprint density at radius 2 is 1.74 bits per heavy atom. The predicted octanol–water partition coefficient (Wildman–Crippen LogP) is 4.72. The summed E-state index contributed by atoms with van der Waals surface area (Å²) in [5, 5.41) is 16.7. The van der Waals surface area contributed by atoms with Crippen molar-refractivity contribution in [2.24, 2.45) is 5.10 Å². The highest BCUT2D eigenvalue weighted by molar-refractivity contribution is 9.11. The third-order valence-corrected chi connectivity index (χ3v) is 5.64. The van der Waals surface area contributed by atoms with Crippen molar-refractivity contribution in [3.05, 3.63) is 74.7 Å². The standard InChI is InChI=1S/C24H21Br2N3O6/c1-33-19-6-4-3-5-18(19)28-22(30)13-35-20-8-7-14(9-21(20)34-2)12-27-29-24(32)16-10-15(25)11-17(26)23(16)31/h3-12,31H,13H2,1-2H3,(H,28,30)(H,29,32)/b27-12-. The van der Waals surface area contributed by atoms with E-state index in [4.69, 9.17) is 14.2 Å². The molecule has 11 heteroatoms. The van der Waals surface area contributed by atoms with E-state index in [1.54, 1.807) is 48.5 Å². The number of anilines is 1. The zero-order valence-electron chi connectivity index (χ0n) is 18.7. The fourth-order valence-corrected chi connectivity index (χ4v) is 4.15. The summed E-state index contributed by atoms with van der Waals surface area (Å²) in [5.74, 6) is 0.114. The maximum atomic E-state index is 12.3. The molecule has 0 saturated heterocycles. The van der Waals surface area contributed by atoms with Gasteiger partial charge in [-0.3, -0.25) is 9.59 Å². The highest BCUT2D eigenvalue weighted by atomic mass is 79.9. The number of hydrogen-bond donors (Lipinski definition) is 3. The molecule has 0 atom stereocenters. The van der Waals surface area contributed by atoms with Crippen LogP contribution in [0.25, 0.3) is 0 Å². The van der Waals surface area contributed by atoms with Crippen LogP contribution in [0.2, 0.25) is 0 Å². The van der Waals surface area contributed by atoms with E-state index >= 15 is 0 Å². The van der Waals surface area contributed by atoms with Crippen LogP contribution in [-0.4, -0.2) is 44.0 Å². The highest BCUT2D eigenvalue weighted by Gasteiger charge is 2.15. The summed E-state index contributed by atoms with van der Waals surface area (Å²) >= 11 is 6.45. The predicted molar refractivity (Wildman–Crippen MR) is 139 cm³/mol. The molecule has 0 fully saturated rings. The van der Waals surface area contributed by atoms with Gasteiger partial charge in [-0.2, -0.15) is 5.10 Å². The summed E-state index contributed by atoms with van der Waals surface area (Å²) in [6.45, 7) is -0.246. The van der Waals surface area contributed by atoms with Crippen LogP contribution in [0.1, 0.15) is 15.9 Å². The van der Waals surface area contributed by atoms with Gasteiger partial charge < -0.3 is 24.6 Å². The number of benzene rings is 3. The van der Waals surface area contributed by atoms with E-state index in [1.165, 1.54) is 26.5 Å². The summed E-state index contributed by atoms with van der Waals surface area (Å²) in [6.07, 6.45) is 1.41. The van der Waals surface area contributed by atoms with Gasteiger partial charge in [0.15, 0.2) is 18.1 Å². The topological polar surface area (TPSA) is 118 Å². The third kappa shape index (κ3) is 6.96. The van der Waals surface area contributed by atoms with E-state index in [-0.39, 0.29) is 23.8 Å². The van der Waals surface area contributed by atoms with Crippen molar-refractivity contribution in [3.63, 3.8) is 0 Å². The van der Waals surface area contributed by atoms with Crippen molar-refractivity contribution in [2.45, 2.75) is 0 Å². The van der Waals surface area contributed by atoms with Crippen LogP contribution >= 0.6 is 31.9 Å². The molecule has 35 heavy (non-hydrogen) atoms. The molecule has 3 aromatic rings. The Balaban J connectivity index is 1.61. The Morgan fingerprint density at radius 3 is 2.49 bits per heavy atom. The van der Waals surface area contributed by atoms with E-state index in [9.17, 15) is 14.7 Å². The van der Waals surface area contributed by atoms with Gasteiger partial charge in [0.05, 0.1) is 36.2 Å². The van der Waals surface area contributed by atoms with E-state index in [1.807, 2.05) is 0 Å². The minimum absolute atomic E-state index is 0.0520. The summed E-state index contributed by atoms with van der Waals surface area (Å²) in [7, 11) is 2.99. The Bertz CT molecular complexity index is 1270. The number of hydrogen-bond acceptors (Lipinski definition) is 7. The number of hydrazone groups is 1. The van der Waals surface area contributed by atoms with Crippen molar-refractivity contribution in [3.8, 4) is 23.0 Å². The fourth-order valence-electron chi connectivity index (χ4n) is 2.93. The summed E-state index contributed by atoms with van der Waals surface area (Å²) < 4.78 is 17.1. The van der Waals surface area contributed by atoms with Gasteiger partial charge in [0.2, 0.25) is 0 Å². The number of phenolic OH excluding ortho intramolecular Hbond substituents is 1. The van der Waals surface area contributed by atoms with E-state index < -0.39 is 5.91 Å². The van der Waals surface area contributed by atoms with Crippen molar-refractivity contribution in [2.75, 3.05) is 26.1 Å². The normalized spacial score (nSPS) is 10.6. The van der Waals surface area contributed by atoms with Gasteiger partial charge in [0, 0.05) is 4.47 Å². The second kappa shape index (κ2) is 12.2. The number of phenols is 1. The molecule has 0 heterocycles. The second-order valence-electron chi connectivity index (χ2n) is 6.93. The molecule has 0 aliphatic rings. The summed E-state index contributed by atoms with van der Waals surface area (Å²) in [6, 6.07) is 15.1. The zero-order valence-corrected chi connectivity index (χ0v) is 21.8. The molecule has 0 saturated carbocycles. The Morgan fingerprint density at radius 1 is 1.00 bits per heavy atom. The molecule has 0 aliphatic heterocycles. The minimum Gasteiger partial charge on any atom is -0.506 e. The lowest BCUT2D eigenvalue weighted by molar-refractivity contribution is -0.118. The molecular weight excluding hydrogens is 586 g/mol. The molecule has 0 radical (unpaired) electrons. The van der Waals surface area contributed by atoms with Crippen LogP contribution in [0.15, 0.2) is 68.6 Å². The largest absolute Gasteiger partial charge is 0.506 e. The lowest BCUT2D eigenvalue weighted by Crippen LogP contribution is -2.20. The average Bonchev–Trinajstić information content (AvgIpc) is 2.85. The van der Waals surface area contributed by atoms with Gasteiger partial charge >= 0.3 is 0 Å². The molecule has 3 rings (SSSR count). The van der Waals surface area contributed by atoms with Crippen LogP contribution in [0.5, 0.6) is 23.0 Å². The van der Waals surface area contributed by atoms with Gasteiger partial charge in [0.1, 0.15) is 11.5 Å². The molecule has 0 spiro atoms. The van der Waals surface area contributed by atoms with Crippen LogP contribution in [0, 0.1) is 0 Å². The fraction of sp³-hybridized carbons (Fsp3) is 0.125. The number of para-hydroxylation sites is 2. The third-order valence-electron chi connectivity index (χ3n) is 4.58. The molecule has 0 bridgehead atoms. The van der Waals surface area contributed by atoms with Gasteiger partial charge in [-0.25, -0.2) is 5.43 Å². The lowest BCUT2D eigenvalue weighted by Gasteiger charge is -2.12. The van der Waals surface area contributed by atoms with Crippen molar-refractivity contribution in [1.29, 1.82) is 0 Å². The number of methoxy groups -OCH3 is 2. The number of carbonyl (C=O) groups is 2. The molecule has 0 aliphatic carbocycles. The van der Waals surface area contributed by atoms with E-state index in [2.05, 4.69) is 47.7 Å². The maximum Gasteiger partial charge on any atom is 0.275 e. The maximum absolute atomic E-state index is 12.3. The number of halogens is 2. The van der Waals surface area contributed by atoms with Crippen LogP contribution in [-0.2, 0) is 4.79 Å². The quantitative estimate of drug-likeness (QED) is 0.240. The first-order chi connectivity index (χ1) is 16.8. The number of nitrogens with zero attached hydrogens (tertiary/aromatic N) is 1. The summed E-state index contributed by atoms with van der Waals surface area (Å²) in [4.78, 5) is 24.6. The van der Waals surface area contributed by atoms with Crippen LogP contribution in [0.3, 0.4) is 0 Å². The molecular formula is C24H21Br2N3O6. The smallest absolute Gasteiger partial charge is 0.275 e. The van der Waals surface area contributed by atoms with Crippen molar-refractivity contribution in [1.82, 2.24) is 5.43 Å². The van der Waals surface area contributed by atoms with Crippen LogP contribution in [0.4, 0.5) is 5.69 Å². The van der Waals surface area contributed by atoms with Gasteiger partial charge in [0.25, 0.3) is 11.8 Å². The number of ether oxygens (including phenoxy) is 3. The number of nitrogens with one attached hydrogen (secondary N) is 2. The first-order valence-corrected chi connectivity index (χ1v) is 11.7. The molecule has 9 nitrogen and oxygen atoms in total. The molecule has 3 aromatic carbocycles. The monoisotopic (exact) mass is 605 g/mol. The Labute approximate surface area is 218 Å². The van der Waals surface area contributed by atoms with Crippen molar-refractivity contribution < 1.29 is 28.9 Å². The molecule has 3 N–H and O–H groups in total. The summed E-state index contributed by atoms with van der Waals surface area (Å²) in [5.41, 5.74) is 3.55. The number of carbonyl (C=O) groups excluding carboxylic acids is 2. The first-order valence-electron chi connectivity index (χ1n) is 10.1. The van der Waals surface area contributed by atoms with Gasteiger partial charge in [-0.1, -0.05) is 28.1 Å². The Hall–Kier alpha value is -3.57. The average molecular weight is 607 g/mol. The van der Waals surface area contributed by atoms with Gasteiger partial charge in [-0.15, -0.1) is 0 Å². The zero-order chi connectivity index (χ0) is 25.4. The first kappa shape index (κ1) is 26.0. The molecule has 0 aromatic heterocycles. The van der Waals surface area contributed by atoms with E-state index in [0.29, 0.717) is 37.4 Å². The Kier molecular flexibility index (Phi) is 9.10. The number of amides is 2. The second-order valence-corrected chi connectivity index (χ2v) is 8.70. The molecule has 2 amide bonds. The lowest BCUT2D eigenvalue weighted by atomic mass is 10.2. The van der Waals surface area contributed by atoms with Gasteiger partial charge in [-0.05, 0) is 64.0 Å². The van der Waals surface area contributed by atoms with E-state index in [0.717, 1.165) is 0 Å². The number of rotatable bonds is 9. The van der Waals surface area contributed by atoms with Crippen molar-refractivity contribution >= 4 is 55.6 Å². The highest BCUT2D eigenvalue weighted by Crippen LogP contribution is 2.32. The SMILES string of the molecule is COc1ccccc1NC(=O)COc1ccc(/C=N\NC(=O)c2cc(Br)cc(Br)c2O)cc1OC. The molecule has 0 unspecified atom stereocenters. The number of aromatic hydroxyl groups is 1. The molecule has 182 valence electrons. The van der Waals surface area contributed by atoms with Crippen LogP contribution < -0.4 is 25.0 Å². The minimum atomic E-state index is -0.589.